The van der Waals surface area contributed by atoms with Gasteiger partial charge in [0.25, 0.3) is 0 Å². The summed E-state index contributed by atoms with van der Waals surface area (Å²) in [5.74, 6) is 0.157. The SMILES string of the molecule is CC[C@H](C)[C@H](N)C(=O)Oc1ccccc1S. The van der Waals surface area contributed by atoms with Crippen LogP contribution in [0.25, 0.3) is 0 Å². The fourth-order valence-corrected chi connectivity index (χ4v) is 1.41. The van der Waals surface area contributed by atoms with Gasteiger partial charge in [-0.1, -0.05) is 32.4 Å². The van der Waals surface area contributed by atoms with Gasteiger partial charge in [0.2, 0.25) is 0 Å². The highest BCUT2D eigenvalue weighted by molar-refractivity contribution is 7.80. The molecule has 0 unspecified atom stereocenters. The van der Waals surface area contributed by atoms with Crippen LogP contribution in [0.5, 0.6) is 5.75 Å². The normalized spacial score (nSPS) is 14.2. The number of carbonyl (C=O) groups excluding carboxylic acids is 1. The minimum atomic E-state index is -0.585. The van der Waals surface area contributed by atoms with Crippen molar-refractivity contribution in [3.63, 3.8) is 0 Å². The number of ether oxygens (including phenoxy) is 1. The number of esters is 1. The van der Waals surface area contributed by atoms with Crippen molar-refractivity contribution < 1.29 is 9.53 Å². The van der Waals surface area contributed by atoms with Gasteiger partial charge in [0.1, 0.15) is 11.8 Å². The van der Waals surface area contributed by atoms with Crippen molar-refractivity contribution in [2.24, 2.45) is 11.7 Å². The number of benzene rings is 1. The van der Waals surface area contributed by atoms with Crippen molar-refractivity contribution in [1.29, 1.82) is 0 Å². The Morgan fingerprint density at radius 3 is 2.69 bits per heavy atom. The summed E-state index contributed by atoms with van der Waals surface area (Å²) in [6.45, 7) is 3.92. The van der Waals surface area contributed by atoms with Gasteiger partial charge < -0.3 is 10.5 Å². The molecule has 0 aliphatic heterocycles. The molecule has 1 aromatic carbocycles. The molecule has 1 rings (SSSR count). The summed E-state index contributed by atoms with van der Waals surface area (Å²) in [5, 5.41) is 0. The van der Waals surface area contributed by atoms with Crippen molar-refractivity contribution in [2.45, 2.75) is 31.2 Å². The first-order valence-electron chi connectivity index (χ1n) is 5.31. The zero-order valence-electron chi connectivity index (χ0n) is 9.51. The molecule has 0 aromatic heterocycles. The summed E-state index contributed by atoms with van der Waals surface area (Å²) in [5.41, 5.74) is 5.77. The number of carbonyl (C=O) groups is 1. The molecule has 0 amide bonds. The lowest BCUT2D eigenvalue weighted by Crippen LogP contribution is -2.39. The van der Waals surface area contributed by atoms with Crippen molar-refractivity contribution in [1.82, 2.24) is 0 Å². The standard InChI is InChI=1S/C12H17NO2S/c1-3-8(2)11(13)12(14)15-9-6-4-5-7-10(9)16/h4-8,11,16H,3,13H2,1-2H3/t8-,11-/m0/s1. The molecular formula is C12H17NO2S. The van der Waals surface area contributed by atoms with Crippen LogP contribution in [0.3, 0.4) is 0 Å². The lowest BCUT2D eigenvalue weighted by Gasteiger charge is -2.17. The fraction of sp³-hybridized carbons (Fsp3) is 0.417. The molecule has 0 fully saturated rings. The molecule has 16 heavy (non-hydrogen) atoms. The van der Waals surface area contributed by atoms with Gasteiger partial charge >= 0.3 is 5.97 Å². The Morgan fingerprint density at radius 1 is 1.50 bits per heavy atom. The largest absolute Gasteiger partial charge is 0.424 e. The van der Waals surface area contributed by atoms with Crippen LogP contribution in [0.2, 0.25) is 0 Å². The van der Waals surface area contributed by atoms with Gasteiger partial charge in [-0.3, -0.25) is 0 Å². The number of hydrogen-bond donors (Lipinski definition) is 2. The molecule has 0 spiro atoms. The predicted molar refractivity (Wildman–Crippen MR) is 66.8 cm³/mol. The summed E-state index contributed by atoms with van der Waals surface area (Å²) >= 11 is 4.20. The van der Waals surface area contributed by atoms with Crippen LogP contribution in [0.4, 0.5) is 0 Å². The van der Waals surface area contributed by atoms with Crippen LogP contribution in [-0.2, 0) is 4.79 Å². The van der Waals surface area contributed by atoms with E-state index in [4.69, 9.17) is 10.5 Å². The van der Waals surface area contributed by atoms with Gasteiger partial charge in [-0.05, 0) is 18.1 Å². The van der Waals surface area contributed by atoms with E-state index in [1.165, 1.54) is 0 Å². The van der Waals surface area contributed by atoms with Crippen molar-refractivity contribution in [3.05, 3.63) is 24.3 Å². The molecule has 0 radical (unpaired) electrons. The van der Waals surface area contributed by atoms with E-state index in [2.05, 4.69) is 12.6 Å². The number of nitrogens with two attached hydrogens (primary N) is 1. The van der Waals surface area contributed by atoms with E-state index < -0.39 is 12.0 Å². The van der Waals surface area contributed by atoms with Gasteiger partial charge in [-0.25, -0.2) is 4.79 Å². The Morgan fingerprint density at radius 2 is 2.12 bits per heavy atom. The molecule has 0 saturated heterocycles. The molecule has 88 valence electrons. The van der Waals surface area contributed by atoms with Gasteiger partial charge in [-0.2, -0.15) is 0 Å². The third-order valence-corrected chi connectivity index (χ3v) is 2.97. The van der Waals surface area contributed by atoms with Crippen LogP contribution in [0, 0.1) is 5.92 Å². The Kier molecular flexibility index (Phi) is 4.83. The second-order valence-electron chi connectivity index (χ2n) is 3.80. The first kappa shape index (κ1) is 13.1. The predicted octanol–water partition coefficient (Wildman–Crippen LogP) is 2.25. The molecule has 0 bridgehead atoms. The first-order chi connectivity index (χ1) is 7.56. The van der Waals surface area contributed by atoms with Gasteiger partial charge in [-0.15, -0.1) is 12.6 Å². The maximum atomic E-state index is 11.7. The summed E-state index contributed by atoms with van der Waals surface area (Å²) < 4.78 is 5.19. The Labute approximate surface area is 101 Å². The van der Waals surface area contributed by atoms with E-state index in [1.807, 2.05) is 19.9 Å². The van der Waals surface area contributed by atoms with Gasteiger partial charge in [0, 0.05) is 4.90 Å². The molecule has 1 aromatic rings. The number of para-hydroxylation sites is 1. The maximum absolute atomic E-state index is 11.7. The number of hydrogen-bond acceptors (Lipinski definition) is 4. The van der Waals surface area contributed by atoms with E-state index in [1.54, 1.807) is 18.2 Å². The first-order valence-corrected chi connectivity index (χ1v) is 5.76. The minimum Gasteiger partial charge on any atom is -0.424 e. The third-order valence-electron chi connectivity index (χ3n) is 2.60. The molecule has 3 nitrogen and oxygen atoms in total. The molecule has 4 heteroatoms. The number of thiol groups is 1. The van der Waals surface area contributed by atoms with E-state index in [-0.39, 0.29) is 5.92 Å². The minimum absolute atomic E-state index is 0.111. The van der Waals surface area contributed by atoms with Crippen molar-refractivity contribution in [2.75, 3.05) is 0 Å². The highest BCUT2D eigenvalue weighted by Gasteiger charge is 2.21. The molecule has 0 heterocycles. The lowest BCUT2D eigenvalue weighted by molar-refractivity contribution is -0.137. The Hall–Kier alpha value is -1.00. The lowest BCUT2D eigenvalue weighted by atomic mass is 10.0. The fourth-order valence-electron chi connectivity index (χ4n) is 1.21. The van der Waals surface area contributed by atoms with E-state index in [0.29, 0.717) is 10.6 Å². The summed E-state index contributed by atoms with van der Waals surface area (Å²) in [6.07, 6.45) is 0.846. The topological polar surface area (TPSA) is 52.3 Å². The molecule has 0 aliphatic rings. The summed E-state index contributed by atoms with van der Waals surface area (Å²) in [7, 11) is 0. The zero-order chi connectivity index (χ0) is 12.1. The number of rotatable bonds is 4. The molecule has 2 N–H and O–H groups in total. The summed E-state index contributed by atoms with van der Waals surface area (Å²) in [4.78, 5) is 12.3. The zero-order valence-corrected chi connectivity index (χ0v) is 10.4. The van der Waals surface area contributed by atoms with E-state index in [0.717, 1.165) is 6.42 Å². The molecule has 0 aliphatic carbocycles. The smallest absolute Gasteiger partial charge is 0.328 e. The molecule has 0 saturated carbocycles. The van der Waals surface area contributed by atoms with Crippen molar-refractivity contribution >= 4 is 18.6 Å². The van der Waals surface area contributed by atoms with Crippen LogP contribution in [0.1, 0.15) is 20.3 Å². The van der Waals surface area contributed by atoms with Crippen LogP contribution >= 0.6 is 12.6 Å². The van der Waals surface area contributed by atoms with Crippen molar-refractivity contribution in [3.8, 4) is 5.75 Å². The molecule has 2 atom stereocenters. The van der Waals surface area contributed by atoms with Gasteiger partial charge in [0.05, 0.1) is 0 Å². The maximum Gasteiger partial charge on any atom is 0.328 e. The highest BCUT2D eigenvalue weighted by Crippen LogP contribution is 2.22. The van der Waals surface area contributed by atoms with Crippen LogP contribution in [-0.4, -0.2) is 12.0 Å². The van der Waals surface area contributed by atoms with E-state index in [9.17, 15) is 4.79 Å². The Balaban J connectivity index is 2.68. The van der Waals surface area contributed by atoms with Crippen LogP contribution in [0.15, 0.2) is 29.2 Å². The summed E-state index contributed by atoms with van der Waals surface area (Å²) in [6, 6.07) is 6.49. The second-order valence-corrected chi connectivity index (χ2v) is 4.28. The average molecular weight is 239 g/mol. The third kappa shape index (κ3) is 3.25. The molecular weight excluding hydrogens is 222 g/mol. The quantitative estimate of drug-likeness (QED) is 0.481. The van der Waals surface area contributed by atoms with Crippen LogP contribution < -0.4 is 10.5 Å². The monoisotopic (exact) mass is 239 g/mol. The second kappa shape index (κ2) is 5.92. The highest BCUT2D eigenvalue weighted by atomic mass is 32.1. The van der Waals surface area contributed by atoms with Gasteiger partial charge in [0.15, 0.2) is 0 Å². The Bertz CT molecular complexity index is 368. The average Bonchev–Trinajstić information content (AvgIpc) is 2.30. The van der Waals surface area contributed by atoms with E-state index >= 15 is 0 Å².